The van der Waals surface area contributed by atoms with Crippen molar-refractivity contribution < 1.29 is 13.2 Å². The highest BCUT2D eigenvalue weighted by atomic mass is 79.9. The van der Waals surface area contributed by atoms with Crippen LogP contribution in [-0.2, 0) is 14.8 Å². The molecule has 1 rings (SSSR count). The third-order valence-corrected chi connectivity index (χ3v) is 6.00. The number of benzene rings is 1. The summed E-state index contributed by atoms with van der Waals surface area (Å²) in [6.07, 6.45) is 0. The van der Waals surface area contributed by atoms with Gasteiger partial charge in [-0.15, -0.1) is 0 Å². The number of hydrogen-bond acceptors (Lipinski definition) is 3. The number of rotatable bonds is 4. The Labute approximate surface area is 136 Å². The van der Waals surface area contributed by atoms with Gasteiger partial charge in [-0.05, 0) is 47.5 Å². The van der Waals surface area contributed by atoms with Gasteiger partial charge in [-0.2, -0.15) is 4.72 Å². The molecule has 0 heterocycles. The minimum atomic E-state index is -3.78. The molecule has 0 saturated carbocycles. The summed E-state index contributed by atoms with van der Waals surface area (Å²) in [5, 5.41) is 0. The summed E-state index contributed by atoms with van der Waals surface area (Å²) in [6, 6.07) is 2.38. The Kier molecular flexibility index (Phi) is 5.77. The number of carbonyl (C=O) groups excluding carboxylic acids is 1. The summed E-state index contributed by atoms with van der Waals surface area (Å²) in [5.41, 5.74) is 0.910. The van der Waals surface area contributed by atoms with Gasteiger partial charge in [-0.25, -0.2) is 8.42 Å². The number of nitrogens with zero attached hydrogens (tertiary/aromatic N) is 1. The summed E-state index contributed by atoms with van der Waals surface area (Å²) in [5.74, 6) is -0.309. The molecular weight excluding hydrogens is 412 g/mol. The first-order chi connectivity index (χ1) is 9.06. The van der Waals surface area contributed by atoms with Crippen LogP contribution in [0.2, 0.25) is 0 Å². The van der Waals surface area contributed by atoms with Crippen LogP contribution in [0.4, 0.5) is 0 Å². The van der Waals surface area contributed by atoms with Gasteiger partial charge in [0.15, 0.2) is 0 Å². The summed E-state index contributed by atoms with van der Waals surface area (Å²) in [7, 11) is -0.633. The molecule has 0 bridgehead atoms. The predicted octanol–water partition coefficient (Wildman–Crippen LogP) is 2.28. The van der Waals surface area contributed by atoms with E-state index in [-0.39, 0.29) is 10.8 Å². The molecule has 0 aliphatic heterocycles. The monoisotopic (exact) mass is 426 g/mol. The number of hydrogen-bond donors (Lipinski definition) is 1. The van der Waals surface area contributed by atoms with Gasteiger partial charge in [0.25, 0.3) is 0 Å². The average molecular weight is 428 g/mol. The van der Waals surface area contributed by atoms with E-state index < -0.39 is 16.1 Å². The van der Waals surface area contributed by atoms with Crippen LogP contribution in [0.1, 0.15) is 12.5 Å². The first kappa shape index (κ1) is 17.6. The van der Waals surface area contributed by atoms with Crippen LogP contribution in [0.25, 0.3) is 0 Å². The lowest BCUT2D eigenvalue weighted by Gasteiger charge is -2.18. The molecule has 20 heavy (non-hydrogen) atoms. The third-order valence-electron chi connectivity index (χ3n) is 2.65. The quantitative estimate of drug-likeness (QED) is 0.801. The normalized spacial score (nSPS) is 13.1. The maximum atomic E-state index is 12.3. The lowest BCUT2D eigenvalue weighted by molar-refractivity contribution is -0.130. The minimum absolute atomic E-state index is 0.0911. The van der Waals surface area contributed by atoms with Crippen LogP contribution in [0.15, 0.2) is 26.0 Å². The van der Waals surface area contributed by atoms with Crippen molar-refractivity contribution in [3.05, 3.63) is 26.6 Å². The summed E-state index contributed by atoms with van der Waals surface area (Å²) >= 11 is 6.54. The lowest BCUT2D eigenvalue weighted by Crippen LogP contribution is -2.44. The van der Waals surface area contributed by atoms with Gasteiger partial charge in [-0.3, -0.25) is 4.79 Å². The Morgan fingerprint density at radius 2 is 1.80 bits per heavy atom. The zero-order chi connectivity index (χ0) is 15.7. The van der Waals surface area contributed by atoms with Crippen molar-refractivity contribution in [2.24, 2.45) is 0 Å². The van der Waals surface area contributed by atoms with Crippen LogP contribution in [0, 0.1) is 6.92 Å². The van der Waals surface area contributed by atoms with Crippen molar-refractivity contribution >= 4 is 47.8 Å². The van der Waals surface area contributed by atoms with E-state index in [9.17, 15) is 13.2 Å². The van der Waals surface area contributed by atoms with Crippen LogP contribution in [0.3, 0.4) is 0 Å². The van der Waals surface area contributed by atoms with Gasteiger partial charge in [0.2, 0.25) is 15.9 Å². The van der Waals surface area contributed by atoms with Crippen molar-refractivity contribution in [1.29, 1.82) is 0 Å². The molecular formula is C12H16Br2N2O3S. The van der Waals surface area contributed by atoms with Crippen LogP contribution < -0.4 is 4.72 Å². The van der Waals surface area contributed by atoms with Gasteiger partial charge in [0.05, 0.1) is 10.9 Å². The molecule has 112 valence electrons. The molecule has 0 spiro atoms. The first-order valence-corrected chi connectivity index (χ1v) is 8.82. The molecule has 0 fully saturated rings. The number of aryl methyl sites for hydroxylation is 1. The molecule has 0 aliphatic carbocycles. The molecule has 0 aliphatic rings. The van der Waals surface area contributed by atoms with E-state index in [1.807, 2.05) is 6.92 Å². The average Bonchev–Trinajstić information content (AvgIpc) is 2.31. The van der Waals surface area contributed by atoms with Crippen LogP contribution in [-0.4, -0.2) is 39.4 Å². The number of likely N-dealkylation sites (N-methyl/N-ethyl adjacent to an activating group) is 1. The fourth-order valence-electron chi connectivity index (χ4n) is 1.57. The SMILES string of the molecule is Cc1cc(Br)c(S(=O)(=O)NC(C)C(=O)N(C)C)cc1Br. The molecule has 1 aromatic carbocycles. The number of halogens is 2. The lowest BCUT2D eigenvalue weighted by atomic mass is 10.2. The van der Waals surface area contributed by atoms with E-state index in [1.54, 1.807) is 20.2 Å². The van der Waals surface area contributed by atoms with E-state index in [4.69, 9.17) is 0 Å². The number of nitrogens with one attached hydrogen (secondary N) is 1. The van der Waals surface area contributed by atoms with Crippen molar-refractivity contribution in [1.82, 2.24) is 9.62 Å². The summed E-state index contributed by atoms with van der Waals surface area (Å²) in [4.78, 5) is 13.2. The van der Waals surface area contributed by atoms with Crippen molar-refractivity contribution in [2.45, 2.75) is 24.8 Å². The number of carbonyl (C=O) groups is 1. The van der Waals surface area contributed by atoms with E-state index in [0.717, 1.165) is 5.56 Å². The Hall–Kier alpha value is -0.440. The molecule has 0 radical (unpaired) electrons. The molecule has 1 amide bonds. The van der Waals surface area contributed by atoms with Gasteiger partial charge in [0.1, 0.15) is 0 Å². The molecule has 5 nitrogen and oxygen atoms in total. The van der Waals surface area contributed by atoms with Gasteiger partial charge < -0.3 is 4.90 Å². The van der Waals surface area contributed by atoms with Crippen LogP contribution >= 0.6 is 31.9 Å². The second kappa shape index (κ2) is 6.55. The Morgan fingerprint density at radius 3 is 2.30 bits per heavy atom. The number of sulfonamides is 1. The zero-order valence-corrected chi connectivity index (χ0v) is 15.6. The Bertz CT molecular complexity index is 630. The molecule has 1 N–H and O–H groups in total. The minimum Gasteiger partial charge on any atom is -0.347 e. The van der Waals surface area contributed by atoms with Crippen LogP contribution in [0.5, 0.6) is 0 Å². The second-order valence-corrected chi connectivity index (χ2v) is 8.00. The van der Waals surface area contributed by atoms with Gasteiger partial charge in [-0.1, -0.05) is 15.9 Å². The van der Waals surface area contributed by atoms with Gasteiger partial charge >= 0.3 is 0 Å². The summed E-state index contributed by atoms with van der Waals surface area (Å²) < 4.78 is 28.2. The molecule has 1 atom stereocenters. The van der Waals surface area contributed by atoms with Gasteiger partial charge in [0, 0.05) is 23.0 Å². The van der Waals surface area contributed by atoms with Crippen molar-refractivity contribution in [3.8, 4) is 0 Å². The predicted molar refractivity (Wildman–Crippen MR) is 85.1 cm³/mol. The molecule has 8 heteroatoms. The van der Waals surface area contributed by atoms with E-state index >= 15 is 0 Å². The zero-order valence-electron chi connectivity index (χ0n) is 11.6. The van der Waals surface area contributed by atoms with E-state index in [1.165, 1.54) is 17.9 Å². The molecule has 1 unspecified atom stereocenters. The molecule has 0 saturated heterocycles. The smallest absolute Gasteiger partial charge is 0.242 e. The Morgan fingerprint density at radius 1 is 1.25 bits per heavy atom. The van der Waals surface area contributed by atoms with Crippen molar-refractivity contribution in [3.63, 3.8) is 0 Å². The third kappa shape index (κ3) is 4.03. The summed E-state index contributed by atoms with van der Waals surface area (Å²) in [6.45, 7) is 3.37. The van der Waals surface area contributed by atoms with E-state index in [2.05, 4.69) is 36.6 Å². The highest BCUT2D eigenvalue weighted by Gasteiger charge is 2.25. The Balaban J connectivity index is 3.12. The number of amides is 1. The maximum absolute atomic E-state index is 12.3. The topological polar surface area (TPSA) is 66.5 Å². The second-order valence-electron chi connectivity index (χ2n) is 4.61. The highest BCUT2D eigenvalue weighted by molar-refractivity contribution is 9.11. The first-order valence-electron chi connectivity index (χ1n) is 5.75. The fourth-order valence-corrected chi connectivity index (χ4v) is 4.44. The molecule has 0 aromatic heterocycles. The van der Waals surface area contributed by atoms with E-state index in [0.29, 0.717) is 8.95 Å². The fraction of sp³-hybridized carbons (Fsp3) is 0.417. The van der Waals surface area contributed by atoms with Crippen molar-refractivity contribution in [2.75, 3.05) is 14.1 Å². The maximum Gasteiger partial charge on any atom is 0.242 e. The molecule has 1 aromatic rings. The standard InChI is InChI=1S/C12H16Br2N2O3S/c1-7-5-10(14)11(6-9(7)13)20(18,19)15-8(2)12(17)16(3)4/h5-6,8,15H,1-4H3. The highest BCUT2D eigenvalue weighted by Crippen LogP contribution is 2.28. The largest absolute Gasteiger partial charge is 0.347 e.